The number of amides is 1. The summed E-state index contributed by atoms with van der Waals surface area (Å²) >= 11 is 0. The van der Waals surface area contributed by atoms with Crippen molar-refractivity contribution >= 4 is 17.7 Å². The number of aromatic nitrogens is 2. The molecule has 1 saturated carbocycles. The van der Waals surface area contributed by atoms with Crippen LogP contribution in [0.1, 0.15) is 63.0 Å². The largest absolute Gasteiger partial charge is 0.452 e. The Bertz CT molecular complexity index is 1310. The molecule has 0 unspecified atom stereocenters. The number of nitriles is 1. The van der Waals surface area contributed by atoms with Crippen LogP contribution in [0.4, 0.5) is 10.2 Å². The van der Waals surface area contributed by atoms with Crippen LogP contribution in [0.5, 0.6) is 0 Å². The summed E-state index contributed by atoms with van der Waals surface area (Å²) in [7, 11) is 0. The number of benzene rings is 1. The van der Waals surface area contributed by atoms with Crippen molar-refractivity contribution in [1.82, 2.24) is 9.13 Å². The van der Waals surface area contributed by atoms with Crippen LogP contribution >= 0.6 is 0 Å². The minimum absolute atomic E-state index is 0.329. The molecule has 3 aromatic rings. The average molecular weight is 463 g/mol. The Morgan fingerprint density at radius 2 is 1.82 bits per heavy atom. The number of halogens is 1. The van der Waals surface area contributed by atoms with Gasteiger partial charge in [0.2, 0.25) is 0 Å². The quantitative estimate of drug-likeness (QED) is 0.515. The normalized spacial score (nSPS) is 12.9. The molecule has 176 valence electrons. The van der Waals surface area contributed by atoms with Crippen LogP contribution in [0, 0.1) is 44.8 Å². The second-order valence-electron chi connectivity index (χ2n) is 8.77. The Kier molecular flexibility index (Phi) is 6.29. The van der Waals surface area contributed by atoms with Crippen molar-refractivity contribution in [3.8, 4) is 6.07 Å². The third-order valence-electron chi connectivity index (χ3n) is 6.40. The molecule has 1 aromatic carbocycles. The fourth-order valence-corrected chi connectivity index (χ4v) is 4.36. The minimum Gasteiger partial charge on any atom is -0.452 e. The van der Waals surface area contributed by atoms with Gasteiger partial charge in [0.25, 0.3) is 5.91 Å². The lowest BCUT2D eigenvalue weighted by Crippen LogP contribution is -2.23. The van der Waals surface area contributed by atoms with Gasteiger partial charge in [0.05, 0.1) is 11.1 Å². The summed E-state index contributed by atoms with van der Waals surface area (Å²) in [6.07, 6.45) is 2.20. The predicted molar refractivity (Wildman–Crippen MR) is 125 cm³/mol. The van der Waals surface area contributed by atoms with E-state index < -0.39 is 18.5 Å². The number of anilines is 1. The van der Waals surface area contributed by atoms with Gasteiger partial charge in [-0.3, -0.25) is 4.79 Å². The average Bonchev–Trinajstić information content (AvgIpc) is 3.56. The molecule has 1 fully saturated rings. The molecular formula is C26H27FN4O3. The van der Waals surface area contributed by atoms with Crippen molar-refractivity contribution in [1.29, 1.82) is 5.26 Å². The van der Waals surface area contributed by atoms with E-state index in [1.807, 2.05) is 20.8 Å². The van der Waals surface area contributed by atoms with E-state index in [-0.39, 0.29) is 5.82 Å². The lowest BCUT2D eigenvalue weighted by molar-refractivity contribution is -0.119. The van der Waals surface area contributed by atoms with Gasteiger partial charge in [-0.25, -0.2) is 9.18 Å². The molecular weight excluding hydrogens is 435 g/mol. The second-order valence-corrected chi connectivity index (χ2v) is 8.77. The number of nitrogens with zero attached hydrogens (tertiary/aromatic N) is 3. The van der Waals surface area contributed by atoms with E-state index in [4.69, 9.17) is 4.74 Å². The van der Waals surface area contributed by atoms with Gasteiger partial charge in [-0.2, -0.15) is 5.26 Å². The standard InChI is InChI=1S/C26H27FN4O3/c1-15-11-22(18(4)31(15)21-9-10-21)26(33)34-14-24(32)29-25-23(12-28)16(2)17(3)30(25)13-19-5-7-20(27)8-6-19/h5-8,11,21H,9-10,13-14H2,1-4H3,(H,29,32). The molecule has 4 rings (SSSR count). The number of hydrogen-bond donors (Lipinski definition) is 1. The zero-order chi connectivity index (χ0) is 24.6. The first-order valence-corrected chi connectivity index (χ1v) is 11.2. The number of aryl methyl sites for hydroxylation is 1. The fraction of sp³-hybridized carbons (Fsp3) is 0.346. The zero-order valence-corrected chi connectivity index (χ0v) is 19.7. The van der Waals surface area contributed by atoms with Crippen molar-refractivity contribution in [2.24, 2.45) is 0 Å². The van der Waals surface area contributed by atoms with Gasteiger partial charge in [-0.1, -0.05) is 12.1 Å². The number of carbonyl (C=O) groups is 2. The van der Waals surface area contributed by atoms with Crippen molar-refractivity contribution in [2.75, 3.05) is 11.9 Å². The highest BCUT2D eigenvalue weighted by molar-refractivity contribution is 5.96. The molecule has 0 radical (unpaired) electrons. The van der Waals surface area contributed by atoms with Gasteiger partial charge in [-0.05, 0) is 69.9 Å². The molecule has 0 atom stereocenters. The third-order valence-corrected chi connectivity index (χ3v) is 6.40. The van der Waals surface area contributed by atoms with E-state index in [0.29, 0.717) is 29.5 Å². The Morgan fingerprint density at radius 1 is 1.15 bits per heavy atom. The van der Waals surface area contributed by atoms with Crippen LogP contribution in [-0.2, 0) is 16.1 Å². The summed E-state index contributed by atoms with van der Waals surface area (Å²) in [6, 6.07) is 10.4. The number of hydrogen-bond acceptors (Lipinski definition) is 4. The molecule has 0 aliphatic heterocycles. The molecule has 2 aromatic heterocycles. The highest BCUT2D eigenvalue weighted by atomic mass is 19.1. The summed E-state index contributed by atoms with van der Waals surface area (Å²) in [5.74, 6) is -1.10. The van der Waals surface area contributed by atoms with Gasteiger partial charge in [0.1, 0.15) is 17.7 Å². The fourth-order valence-electron chi connectivity index (χ4n) is 4.36. The molecule has 1 aliphatic carbocycles. The van der Waals surface area contributed by atoms with Crippen molar-refractivity contribution in [3.05, 3.63) is 75.5 Å². The molecule has 1 N–H and O–H groups in total. The maximum absolute atomic E-state index is 13.3. The number of ether oxygens (including phenoxy) is 1. The topological polar surface area (TPSA) is 89.1 Å². The Labute approximate surface area is 197 Å². The molecule has 2 heterocycles. The Morgan fingerprint density at radius 3 is 2.44 bits per heavy atom. The highest BCUT2D eigenvalue weighted by Crippen LogP contribution is 2.38. The molecule has 7 nitrogen and oxygen atoms in total. The van der Waals surface area contributed by atoms with E-state index in [9.17, 15) is 19.2 Å². The highest BCUT2D eigenvalue weighted by Gasteiger charge is 2.29. The van der Waals surface area contributed by atoms with Crippen LogP contribution in [-0.4, -0.2) is 27.6 Å². The van der Waals surface area contributed by atoms with E-state index in [0.717, 1.165) is 41.1 Å². The van der Waals surface area contributed by atoms with Crippen LogP contribution in [0.2, 0.25) is 0 Å². The molecule has 0 saturated heterocycles. The Balaban J connectivity index is 1.49. The second kappa shape index (κ2) is 9.18. The van der Waals surface area contributed by atoms with Crippen LogP contribution in [0.15, 0.2) is 30.3 Å². The number of carbonyl (C=O) groups excluding carboxylic acids is 2. The smallest absolute Gasteiger partial charge is 0.340 e. The summed E-state index contributed by atoms with van der Waals surface area (Å²) < 4.78 is 22.5. The van der Waals surface area contributed by atoms with Crippen molar-refractivity contribution < 1.29 is 18.7 Å². The van der Waals surface area contributed by atoms with Gasteiger partial charge in [0, 0.05) is 29.7 Å². The Hall–Kier alpha value is -3.86. The van der Waals surface area contributed by atoms with Gasteiger partial charge < -0.3 is 19.2 Å². The van der Waals surface area contributed by atoms with E-state index in [2.05, 4.69) is 16.0 Å². The summed E-state index contributed by atoms with van der Waals surface area (Å²) in [4.78, 5) is 25.3. The van der Waals surface area contributed by atoms with Crippen LogP contribution < -0.4 is 5.32 Å². The minimum atomic E-state index is -0.551. The lowest BCUT2D eigenvalue weighted by atomic mass is 10.2. The van der Waals surface area contributed by atoms with Gasteiger partial charge >= 0.3 is 5.97 Å². The maximum Gasteiger partial charge on any atom is 0.340 e. The zero-order valence-electron chi connectivity index (χ0n) is 19.7. The first-order chi connectivity index (χ1) is 16.2. The SMILES string of the molecule is Cc1c(C#N)c(NC(=O)COC(=O)c2cc(C)n(C3CC3)c2C)n(Cc2ccc(F)cc2)c1C. The first kappa shape index (κ1) is 23.3. The lowest BCUT2D eigenvalue weighted by Gasteiger charge is -2.13. The van der Waals surface area contributed by atoms with Crippen molar-refractivity contribution in [2.45, 2.75) is 53.1 Å². The van der Waals surface area contributed by atoms with E-state index in [1.54, 1.807) is 29.7 Å². The molecule has 1 amide bonds. The summed E-state index contributed by atoms with van der Waals surface area (Å²) in [5.41, 5.74) is 5.01. The van der Waals surface area contributed by atoms with Gasteiger partial charge in [0.15, 0.2) is 6.61 Å². The van der Waals surface area contributed by atoms with Crippen LogP contribution in [0.25, 0.3) is 0 Å². The molecule has 8 heteroatoms. The van der Waals surface area contributed by atoms with Gasteiger partial charge in [-0.15, -0.1) is 0 Å². The molecule has 0 bridgehead atoms. The number of nitrogens with one attached hydrogen (secondary N) is 1. The number of esters is 1. The molecule has 1 aliphatic rings. The third kappa shape index (κ3) is 4.46. The number of rotatable bonds is 7. The predicted octanol–water partition coefficient (Wildman–Crippen LogP) is 4.71. The van der Waals surface area contributed by atoms with E-state index >= 15 is 0 Å². The molecule has 34 heavy (non-hydrogen) atoms. The monoisotopic (exact) mass is 462 g/mol. The summed E-state index contributed by atoms with van der Waals surface area (Å²) in [5, 5.41) is 12.4. The van der Waals surface area contributed by atoms with Crippen LogP contribution in [0.3, 0.4) is 0 Å². The molecule has 0 spiro atoms. The van der Waals surface area contributed by atoms with Crippen molar-refractivity contribution in [3.63, 3.8) is 0 Å². The van der Waals surface area contributed by atoms with E-state index in [1.165, 1.54) is 12.1 Å². The maximum atomic E-state index is 13.3. The summed E-state index contributed by atoms with van der Waals surface area (Å²) in [6.45, 7) is 7.37. The first-order valence-electron chi connectivity index (χ1n) is 11.2.